The molecule has 0 aromatic heterocycles. The van der Waals surface area contributed by atoms with Crippen molar-refractivity contribution in [2.24, 2.45) is 0 Å². The molecular formula is C11H20N2O5. The summed E-state index contributed by atoms with van der Waals surface area (Å²) in [7, 11) is 2.92. The maximum absolute atomic E-state index is 11.7. The molecule has 0 saturated carbocycles. The maximum Gasteiger partial charge on any atom is 0.409 e. The van der Waals surface area contributed by atoms with E-state index in [1.165, 1.54) is 19.0 Å². The largest absolute Gasteiger partial charge is 0.465 e. The minimum atomic E-state index is -0.574. The van der Waals surface area contributed by atoms with Crippen molar-refractivity contribution in [3.05, 3.63) is 0 Å². The van der Waals surface area contributed by atoms with Gasteiger partial charge in [-0.25, -0.2) is 4.79 Å². The van der Waals surface area contributed by atoms with Crippen LogP contribution in [0.4, 0.5) is 4.79 Å². The van der Waals surface area contributed by atoms with Crippen molar-refractivity contribution in [1.29, 1.82) is 0 Å². The highest BCUT2D eigenvalue weighted by molar-refractivity contribution is 5.85. The van der Waals surface area contributed by atoms with Gasteiger partial charge in [-0.2, -0.15) is 0 Å². The lowest BCUT2D eigenvalue weighted by molar-refractivity contribution is -0.148. The van der Waals surface area contributed by atoms with Gasteiger partial charge in [0.25, 0.3) is 0 Å². The van der Waals surface area contributed by atoms with Crippen LogP contribution >= 0.6 is 0 Å². The Bertz CT molecular complexity index is 306. The summed E-state index contributed by atoms with van der Waals surface area (Å²) in [6, 6.07) is 0. The van der Waals surface area contributed by atoms with Crippen LogP contribution in [-0.4, -0.2) is 68.2 Å². The molecule has 0 heterocycles. The smallest absolute Gasteiger partial charge is 0.409 e. The van der Waals surface area contributed by atoms with Crippen molar-refractivity contribution < 1.29 is 23.9 Å². The van der Waals surface area contributed by atoms with E-state index in [2.05, 4.69) is 0 Å². The SMILES string of the molecule is CCOC(=O)CN(C)C(=O)CN(C)C(=O)OCC. The van der Waals surface area contributed by atoms with Gasteiger partial charge in [0.05, 0.1) is 13.2 Å². The highest BCUT2D eigenvalue weighted by Crippen LogP contribution is 1.94. The topological polar surface area (TPSA) is 76.2 Å². The lowest BCUT2D eigenvalue weighted by atomic mass is 10.4. The normalized spacial score (nSPS) is 9.56. The Hall–Kier alpha value is -1.79. The zero-order valence-electron chi connectivity index (χ0n) is 11.3. The molecular weight excluding hydrogens is 240 g/mol. The summed E-state index contributed by atoms with van der Waals surface area (Å²) in [5.41, 5.74) is 0. The molecule has 0 aromatic rings. The number of nitrogens with zero attached hydrogens (tertiary/aromatic N) is 2. The Kier molecular flexibility index (Phi) is 7.50. The van der Waals surface area contributed by atoms with Crippen LogP contribution in [-0.2, 0) is 19.1 Å². The molecule has 7 heteroatoms. The van der Waals surface area contributed by atoms with Gasteiger partial charge >= 0.3 is 12.1 Å². The second kappa shape index (κ2) is 8.32. The molecule has 0 N–H and O–H groups in total. The average Bonchev–Trinajstić information content (AvgIpc) is 2.29. The van der Waals surface area contributed by atoms with Gasteiger partial charge in [0.2, 0.25) is 5.91 Å². The summed E-state index contributed by atoms with van der Waals surface area (Å²) in [5, 5.41) is 0. The van der Waals surface area contributed by atoms with Gasteiger partial charge in [-0.05, 0) is 13.8 Å². The standard InChI is InChI=1S/C11H20N2O5/c1-5-17-10(15)8-12(3)9(14)7-13(4)11(16)18-6-2/h5-8H2,1-4H3. The van der Waals surface area contributed by atoms with Crippen LogP contribution in [0.1, 0.15) is 13.8 Å². The number of hydrogen-bond acceptors (Lipinski definition) is 5. The van der Waals surface area contributed by atoms with Crippen molar-refractivity contribution >= 4 is 18.0 Å². The van der Waals surface area contributed by atoms with Crippen molar-refractivity contribution in [2.45, 2.75) is 13.8 Å². The van der Waals surface area contributed by atoms with Crippen molar-refractivity contribution in [2.75, 3.05) is 40.4 Å². The summed E-state index contributed by atoms with van der Waals surface area (Å²) in [5.74, 6) is -0.842. The zero-order valence-corrected chi connectivity index (χ0v) is 11.3. The molecule has 0 bridgehead atoms. The van der Waals surface area contributed by atoms with Crippen LogP contribution in [0.3, 0.4) is 0 Å². The van der Waals surface area contributed by atoms with Gasteiger partial charge < -0.3 is 19.3 Å². The number of ether oxygens (including phenoxy) is 2. The molecule has 0 rings (SSSR count). The lowest BCUT2D eigenvalue weighted by Crippen LogP contribution is -2.41. The van der Waals surface area contributed by atoms with Crippen molar-refractivity contribution in [3.63, 3.8) is 0 Å². The number of likely N-dealkylation sites (N-methyl/N-ethyl adjacent to an activating group) is 2. The molecule has 2 amide bonds. The second-order valence-corrected chi connectivity index (χ2v) is 3.61. The molecule has 7 nitrogen and oxygen atoms in total. The van der Waals surface area contributed by atoms with E-state index in [1.54, 1.807) is 13.8 Å². The summed E-state index contributed by atoms with van der Waals surface area (Å²) in [6.07, 6.45) is -0.574. The minimum Gasteiger partial charge on any atom is -0.465 e. The van der Waals surface area contributed by atoms with Crippen molar-refractivity contribution in [1.82, 2.24) is 9.80 Å². The Labute approximate surface area is 107 Å². The molecule has 0 unspecified atom stereocenters. The Morgan fingerprint density at radius 1 is 0.889 bits per heavy atom. The quantitative estimate of drug-likeness (QED) is 0.633. The first-order valence-corrected chi connectivity index (χ1v) is 5.69. The molecule has 0 fully saturated rings. The van der Waals surface area contributed by atoms with Gasteiger partial charge in [-0.15, -0.1) is 0 Å². The summed E-state index contributed by atoms with van der Waals surface area (Å²) < 4.78 is 9.44. The maximum atomic E-state index is 11.7. The summed E-state index contributed by atoms with van der Waals surface area (Å²) in [6.45, 7) is 3.60. The van der Waals surface area contributed by atoms with Crippen LogP contribution in [0.2, 0.25) is 0 Å². The van der Waals surface area contributed by atoms with Crippen LogP contribution in [0, 0.1) is 0 Å². The van der Waals surface area contributed by atoms with E-state index in [9.17, 15) is 14.4 Å². The van der Waals surface area contributed by atoms with E-state index in [0.29, 0.717) is 0 Å². The van der Waals surface area contributed by atoms with E-state index < -0.39 is 12.1 Å². The molecule has 104 valence electrons. The molecule has 0 saturated heterocycles. The molecule has 0 radical (unpaired) electrons. The first-order valence-electron chi connectivity index (χ1n) is 5.69. The number of carbonyl (C=O) groups excluding carboxylic acids is 3. The van der Waals surface area contributed by atoms with Crippen molar-refractivity contribution in [3.8, 4) is 0 Å². The fraction of sp³-hybridized carbons (Fsp3) is 0.727. The molecule has 0 atom stereocenters. The third-order valence-corrected chi connectivity index (χ3v) is 2.05. The van der Waals surface area contributed by atoms with Gasteiger partial charge in [0.15, 0.2) is 0 Å². The number of carbonyl (C=O) groups is 3. The highest BCUT2D eigenvalue weighted by atomic mass is 16.6. The summed E-state index contributed by atoms with van der Waals surface area (Å²) in [4.78, 5) is 36.4. The van der Waals surface area contributed by atoms with Gasteiger partial charge in [0, 0.05) is 14.1 Å². The van der Waals surface area contributed by atoms with E-state index in [0.717, 1.165) is 4.90 Å². The first-order chi connectivity index (χ1) is 8.42. The minimum absolute atomic E-state index is 0.136. The van der Waals surface area contributed by atoms with E-state index in [1.807, 2.05) is 0 Å². The van der Waals surface area contributed by atoms with Gasteiger partial charge in [-0.1, -0.05) is 0 Å². The first kappa shape index (κ1) is 16.2. The monoisotopic (exact) mass is 260 g/mol. The van der Waals surface area contributed by atoms with Crippen LogP contribution in [0.5, 0.6) is 0 Å². The number of amides is 2. The van der Waals surface area contributed by atoms with E-state index >= 15 is 0 Å². The van der Waals surface area contributed by atoms with Crippen LogP contribution in [0.15, 0.2) is 0 Å². The Morgan fingerprint density at radius 2 is 1.44 bits per heavy atom. The molecule has 18 heavy (non-hydrogen) atoms. The molecule has 0 aliphatic rings. The van der Waals surface area contributed by atoms with E-state index in [-0.39, 0.29) is 32.2 Å². The fourth-order valence-electron chi connectivity index (χ4n) is 1.11. The molecule has 0 aliphatic heterocycles. The Morgan fingerprint density at radius 3 is 1.94 bits per heavy atom. The zero-order chi connectivity index (χ0) is 14.1. The summed E-state index contributed by atoms with van der Waals surface area (Å²) >= 11 is 0. The average molecular weight is 260 g/mol. The molecule has 0 aliphatic carbocycles. The third-order valence-electron chi connectivity index (χ3n) is 2.05. The van der Waals surface area contributed by atoms with E-state index in [4.69, 9.17) is 9.47 Å². The third kappa shape index (κ3) is 6.07. The highest BCUT2D eigenvalue weighted by Gasteiger charge is 2.18. The number of esters is 1. The van der Waals surface area contributed by atoms with Crippen LogP contribution in [0.25, 0.3) is 0 Å². The number of rotatable bonds is 6. The Balaban J connectivity index is 4.15. The second-order valence-electron chi connectivity index (χ2n) is 3.61. The lowest BCUT2D eigenvalue weighted by Gasteiger charge is -2.20. The predicted molar refractivity (Wildman–Crippen MR) is 63.9 cm³/mol. The van der Waals surface area contributed by atoms with Gasteiger partial charge in [0.1, 0.15) is 13.1 Å². The number of hydrogen-bond donors (Lipinski definition) is 0. The van der Waals surface area contributed by atoms with Crippen LogP contribution < -0.4 is 0 Å². The fourth-order valence-corrected chi connectivity index (χ4v) is 1.11. The molecule has 0 spiro atoms. The van der Waals surface area contributed by atoms with Gasteiger partial charge in [-0.3, -0.25) is 9.59 Å². The molecule has 0 aromatic carbocycles. The predicted octanol–water partition coefficient (Wildman–Crippen LogP) is 0.0962.